The molecule has 23 heavy (non-hydrogen) atoms. The monoisotopic (exact) mass is 332 g/mol. The zero-order valence-corrected chi connectivity index (χ0v) is 14.1. The molecule has 0 saturated heterocycles. The summed E-state index contributed by atoms with van der Waals surface area (Å²) in [7, 11) is 0. The van der Waals surface area contributed by atoms with E-state index in [1.807, 2.05) is 36.4 Å². The van der Waals surface area contributed by atoms with Crippen LogP contribution in [0.2, 0.25) is 5.02 Å². The number of carboxylic acids is 1. The number of rotatable bonds is 7. The van der Waals surface area contributed by atoms with Gasteiger partial charge in [0.2, 0.25) is 0 Å². The highest BCUT2D eigenvalue weighted by Crippen LogP contribution is 2.21. The highest BCUT2D eigenvalue weighted by Gasteiger charge is 2.19. The molecule has 4 heteroatoms. The molecule has 0 bridgehead atoms. The summed E-state index contributed by atoms with van der Waals surface area (Å²) in [6, 6.07) is 15.0. The van der Waals surface area contributed by atoms with Gasteiger partial charge in [-0.15, -0.1) is 0 Å². The molecule has 0 unspecified atom stereocenters. The largest absolute Gasteiger partial charge is 0.479 e. The number of halogens is 1. The summed E-state index contributed by atoms with van der Waals surface area (Å²) in [5.74, 6) is 0.0639. The molecule has 0 amide bonds. The van der Waals surface area contributed by atoms with Crippen LogP contribution in [-0.2, 0) is 11.2 Å². The van der Waals surface area contributed by atoms with Gasteiger partial charge >= 0.3 is 5.97 Å². The number of aryl methyl sites for hydroxylation is 1. The Kier molecular flexibility index (Phi) is 6.05. The van der Waals surface area contributed by atoms with Crippen molar-refractivity contribution in [1.82, 2.24) is 0 Å². The van der Waals surface area contributed by atoms with E-state index in [2.05, 4.69) is 13.8 Å². The number of benzene rings is 2. The predicted octanol–water partition coefficient (Wildman–Crippen LogP) is 4.93. The molecule has 1 atom stereocenters. The first kappa shape index (κ1) is 17.4. The van der Waals surface area contributed by atoms with Crippen molar-refractivity contribution in [1.29, 1.82) is 0 Å². The van der Waals surface area contributed by atoms with Crippen molar-refractivity contribution in [2.45, 2.75) is 38.7 Å². The second-order valence-electron chi connectivity index (χ2n) is 5.83. The maximum atomic E-state index is 11.4. The fourth-order valence-electron chi connectivity index (χ4n) is 2.28. The lowest BCUT2D eigenvalue weighted by atomic mass is 10.0. The molecule has 1 N–H and O–H groups in total. The van der Waals surface area contributed by atoms with Gasteiger partial charge in [-0.25, -0.2) is 4.79 Å². The highest BCUT2D eigenvalue weighted by molar-refractivity contribution is 6.30. The molecule has 0 radical (unpaired) electrons. The van der Waals surface area contributed by atoms with E-state index in [-0.39, 0.29) is 0 Å². The van der Waals surface area contributed by atoms with Crippen LogP contribution in [0.3, 0.4) is 0 Å². The SMILES string of the molecule is CC(C)c1ccc(O[C@@H](CCc2ccc(Cl)cc2)C(=O)O)cc1. The minimum atomic E-state index is -0.952. The van der Waals surface area contributed by atoms with E-state index in [1.54, 1.807) is 12.1 Å². The van der Waals surface area contributed by atoms with Crippen LogP contribution in [0.5, 0.6) is 5.75 Å². The number of ether oxygens (including phenoxy) is 1. The van der Waals surface area contributed by atoms with Gasteiger partial charge in [0, 0.05) is 5.02 Å². The minimum Gasteiger partial charge on any atom is -0.479 e. The van der Waals surface area contributed by atoms with Crippen LogP contribution in [0.1, 0.15) is 37.3 Å². The van der Waals surface area contributed by atoms with Crippen LogP contribution in [-0.4, -0.2) is 17.2 Å². The standard InChI is InChI=1S/C19H21ClO3/c1-13(2)15-6-10-17(11-7-15)23-18(19(21)22)12-5-14-3-8-16(20)9-4-14/h3-4,6-11,13,18H,5,12H2,1-2H3,(H,21,22)/t18-/m0/s1. The van der Waals surface area contributed by atoms with Crippen LogP contribution in [0.15, 0.2) is 48.5 Å². The molecule has 0 aromatic heterocycles. The van der Waals surface area contributed by atoms with Gasteiger partial charge in [-0.1, -0.05) is 49.7 Å². The maximum absolute atomic E-state index is 11.4. The third-order valence-electron chi connectivity index (χ3n) is 3.71. The van der Waals surface area contributed by atoms with Crippen LogP contribution in [0.4, 0.5) is 0 Å². The van der Waals surface area contributed by atoms with Crippen LogP contribution < -0.4 is 4.74 Å². The highest BCUT2D eigenvalue weighted by atomic mass is 35.5. The third kappa shape index (κ3) is 5.29. The number of carbonyl (C=O) groups is 1. The van der Waals surface area contributed by atoms with Crippen molar-refractivity contribution in [2.24, 2.45) is 0 Å². The fourth-order valence-corrected chi connectivity index (χ4v) is 2.40. The van der Waals surface area contributed by atoms with Gasteiger partial charge in [-0.3, -0.25) is 0 Å². The van der Waals surface area contributed by atoms with Crippen molar-refractivity contribution < 1.29 is 14.6 Å². The summed E-state index contributed by atoms with van der Waals surface area (Å²) in [5.41, 5.74) is 2.24. The number of hydrogen-bond donors (Lipinski definition) is 1. The second-order valence-corrected chi connectivity index (χ2v) is 6.27. The Labute approximate surface area is 141 Å². The second kappa shape index (κ2) is 8.02. The van der Waals surface area contributed by atoms with Gasteiger partial charge in [0.05, 0.1) is 0 Å². The Morgan fingerprint density at radius 3 is 2.22 bits per heavy atom. The van der Waals surface area contributed by atoms with E-state index in [4.69, 9.17) is 16.3 Å². The summed E-state index contributed by atoms with van der Waals surface area (Å²) in [4.78, 5) is 11.4. The Morgan fingerprint density at radius 1 is 1.09 bits per heavy atom. The minimum absolute atomic E-state index is 0.406. The topological polar surface area (TPSA) is 46.5 Å². The van der Waals surface area contributed by atoms with Gasteiger partial charge in [-0.2, -0.15) is 0 Å². The number of carboxylic acid groups (broad SMARTS) is 1. The van der Waals surface area contributed by atoms with E-state index in [1.165, 1.54) is 5.56 Å². The summed E-state index contributed by atoms with van der Waals surface area (Å²) < 4.78 is 5.63. The first-order valence-corrected chi connectivity index (χ1v) is 8.07. The van der Waals surface area contributed by atoms with E-state index in [0.717, 1.165) is 5.56 Å². The first-order chi connectivity index (χ1) is 11.0. The number of hydrogen-bond acceptors (Lipinski definition) is 2. The van der Waals surface area contributed by atoms with Gasteiger partial charge in [0.1, 0.15) is 5.75 Å². The van der Waals surface area contributed by atoms with Gasteiger partial charge in [-0.05, 0) is 54.2 Å². The van der Waals surface area contributed by atoms with Crippen LogP contribution in [0, 0.1) is 0 Å². The van der Waals surface area contributed by atoms with Crippen molar-refractivity contribution in [2.75, 3.05) is 0 Å². The van der Waals surface area contributed by atoms with Crippen molar-refractivity contribution in [3.8, 4) is 5.75 Å². The predicted molar refractivity (Wildman–Crippen MR) is 92.4 cm³/mol. The summed E-state index contributed by atoms with van der Waals surface area (Å²) >= 11 is 5.85. The molecule has 3 nitrogen and oxygen atoms in total. The molecule has 0 aliphatic carbocycles. The third-order valence-corrected chi connectivity index (χ3v) is 3.96. The molecule has 2 rings (SSSR count). The van der Waals surface area contributed by atoms with Crippen molar-refractivity contribution >= 4 is 17.6 Å². The average molecular weight is 333 g/mol. The Morgan fingerprint density at radius 2 is 1.70 bits per heavy atom. The maximum Gasteiger partial charge on any atom is 0.344 e. The number of aliphatic carboxylic acids is 1. The van der Waals surface area contributed by atoms with E-state index in [0.29, 0.717) is 29.5 Å². The molecule has 0 saturated carbocycles. The van der Waals surface area contributed by atoms with Gasteiger partial charge < -0.3 is 9.84 Å². The fraction of sp³-hybridized carbons (Fsp3) is 0.316. The zero-order valence-electron chi connectivity index (χ0n) is 13.3. The Bertz CT molecular complexity index is 633. The van der Waals surface area contributed by atoms with Crippen LogP contribution in [0.25, 0.3) is 0 Å². The molecular formula is C19H21ClO3. The summed E-state index contributed by atoms with van der Waals surface area (Å²) in [6.45, 7) is 4.23. The molecule has 0 fully saturated rings. The molecule has 0 spiro atoms. The van der Waals surface area contributed by atoms with E-state index < -0.39 is 12.1 Å². The van der Waals surface area contributed by atoms with E-state index >= 15 is 0 Å². The lowest BCUT2D eigenvalue weighted by molar-refractivity contribution is -0.145. The normalized spacial score (nSPS) is 12.2. The zero-order chi connectivity index (χ0) is 16.8. The van der Waals surface area contributed by atoms with Crippen LogP contribution >= 0.6 is 11.6 Å². The Hall–Kier alpha value is -2.00. The molecule has 0 aliphatic rings. The molecule has 2 aromatic carbocycles. The molecule has 0 aliphatic heterocycles. The molecule has 0 heterocycles. The quantitative estimate of drug-likeness (QED) is 0.782. The van der Waals surface area contributed by atoms with Gasteiger partial charge in [0.15, 0.2) is 6.10 Å². The Balaban J connectivity index is 1.98. The molecule has 122 valence electrons. The van der Waals surface area contributed by atoms with Crippen molar-refractivity contribution in [3.05, 3.63) is 64.7 Å². The molecular weight excluding hydrogens is 312 g/mol. The lowest BCUT2D eigenvalue weighted by Crippen LogP contribution is -2.27. The molecule has 2 aromatic rings. The lowest BCUT2D eigenvalue weighted by Gasteiger charge is -2.16. The summed E-state index contributed by atoms with van der Waals surface area (Å²) in [6.07, 6.45) is 0.164. The first-order valence-electron chi connectivity index (χ1n) is 7.69. The average Bonchev–Trinajstić information content (AvgIpc) is 2.53. The van der Waals surface area contributed by atoms with Crippen molar-refractivity contribution in [3.63, 3.8) is 0 Å². The van der Waals surface area contributed by atoms with E-state index in [9.17, 15) is 9.90 Å². The summed E-state index contributed by atoms with van der Waals surface area (Å²) in [5, 5.41) is 10.0. The smallest absolute Gasteiger partial charge is 0.344 e. The van der Waals surface area contributed by atoms with Gasteiger partial charge in [0.25, 0.3) is 0 Å².